The monoisotopic (exact) mass is 412 g/mol. The average Bonchev–Trinajstić information content (AvgIpc) is 3.52. The van der Waals surface area contributed by atoms with Crippen LogP contribution in [-0.2, 0) is 34.0 Å². The number of aromatic nitrogens is 6. The van der Waals surface area contributed by atoms with Crippen molar-refractivity contribution in [3.63, 3.8) is 0 Å². The van der Waals surface area contributed by atoms with E-state index < -0.39 is 5.97 Å². The summed E-state index contributed by atoms with van der Waals surface area (Å²) in [6, 6.07) is 9.54. The Bertz CT molecular complexity index is 915. The molecular weight excluding hydrogens is 392 g/mol. The van der Waals surface area contributed by atoms with Gasteiger partial charge in [-0.05, 0) is 11.6 Å². The predicted octanol–water partition coefficient (Wildman–Crippen LogP) is 1.35. The third-order valence-electron chi connectivity index (χ3n) is 3.22. The van der Waals surface area contributed by atoms with E-state index in [9.17, 15) is 9.59 Å². The maximum atomic E-state index is 11.4. The molecule has 0 amide bonds. The first-order valence-electron chi connectivity index (χ1n) is 8.74. The molecule has 0 spiro atoms. The molecule has 0 bridgehead atoms. The Balaban J connectivity index is 0.000000190. The molecule has 156 valence electrons. The van der Waals surface area contributed by atoms with Crippen molar-refractivity contribution < 1.29 is 19.4 Å². The van der Waals surface area contributed by atoms with Crippen LogP contribution in [0.15, 0.2) is 77.6 Å². The lowest BCUT2D eigenvalue weighted by Gasteiger charge is -2.04. The first-order valence-corrected chi connectivity index (χ1v) is 8.74. The molecule has 1 N–H and O–H groups in total. The Morgan fingerprint density at radius 1 is 1.00 bits per heavy atom. The molecule has 0 unspecified atom stereocenters. The van der Waals surface area contributed by atoms with E-state index in [1.807, 2.05) is 36.4 Å². The topological polar surface area (TPSA) is 150 Å². The fourth-order valence-corrected chi connectivity index (χ4v) is 1.92. The van der Waals surface area contributed by atoms with Crippen LogP contribution >= 0.6 is 0 Å². The first kappa shape index (κ1) is 22.1. The van der Waals surface area contributed by atoms with E-state index in [1.165, 1.54) is 28.0 Å². The summed E-state index contributed by atoms with van der Waals surface area (Å²) in [6.07, 6.45) is 9.66. The zero-order chi connectivity index (χ0) is 21.4. The van der Waals surface area contributed by atoms with E-state index in [2.05, 4.69) is 30.9 Å². The van der Waals surface area contributed by atoms with Gasteiger partial charge in [0.15, 0.2) is 0 Å². The lowest BCUT2D eigenvalue weighted by Crippen LogP contribution is -2.13. The van der Waals surface area contributed by atoms with Crippen LogP contribution in [-0.4, -0.2) is 53.6 Å². The number of nitrogens with zero attached hydrogens (tertiary/aromatic N) is 8. The Morgan fingerprint density at radius 3 is 2.13 bits per heavy atom. The summed E-state index contributed by atoms with van der Waals surface area (Å²) >= 11 is 0. The summed E-state index contributed by atoms with van der Waals surface area (Å²) < 4.78 is 7.74. The summed E-state index contributed by atoms with van der Waals surface area (Å²) in [7, 11) is 0. The summed E-state index contributed by atoms with van der Waals surface area (Å²) in [5.41, 5.74) is 0.967. The van der Waals surface area contributed by atoms with Crippen LogP contribution in [0.4, 0.5) is 0 Å². The van der Waals surface area contributed by atoms with Gasteiger partial charge in [0.25, 0.3) is 0 Å². The highest BCUT2D eigenvalue weighted by Gasteiger charge is 2.04. The number of carbonyl (C=O) groups excluding carboxylic acids is 1. The van der Waals surface area contributed by atoms with Gasteiger partial charge in [0.2, 0.25) is 0 Å². The highest BCUT2D eigenvalue weighted by molar-refractivity contribution is 5.69. The summed E-state index contributed by atoms with van der Waals surface area (Å²) in [5.74, 6) is -1.24. The van der Waals surface area contributed by atoms with Gasteiger partial charge in [-0.1, -0.05) is 40.8 Å². The number of carboxylic acid groups (broad SMARTS) is 1. The standard InChI is InChI=1S/C11H11N3O2.C4H5N3O2.C3H4N2/c15-11(8-14-7-6-12-13-14)16-9-10-4-2-1-3-5-10;8-4(9)3-7-2-1-5-6-7;1-2-4-5-3-1/h1-7H,8-9H2;1-2H,3H2,(H,8,9);1-2H,3H2. The molecule has 0 radical (unpaired) electrons. The van der Waals surface area contributed by atoms with Gasteiger partial charge < -0.3 is 9.84 Å². The van der Waals surface area contributed by atoms with Gasteiger partial charge in [0.05, 0.1) is 18.9 Å². The molecule has 12 heteroatoms. The van der Waals surface area contributed by atoms with Crippen molar-refractivity contribution in [1.29, 1.82) is 0 Å². The molecule has 30 heavy (non-hydrogen) atoms. The van der Waals surface area contributed by atoms with Gasteiger partial charge in [-0.15, -0.1) is 10.2 Å². The van der Waals surface area contributed by atoms with Crippen LogP contribution < -0.4 is 0 Å². The second kappa shape index (κ2) is 13.0. The molecule has 4 rings (SSSR count). The Kier molecular flexibility index (Phi) is 9.60. The minimum Gasteiger partial charge on any atom is -0.480 e. The number of carboxylic acids is 1. The lowest BCUT2D eigenvalue weighted by molar-refractivity contribution is -0.146. The predicted molar refractivity (Wildman–Crippen MR) is 103 cm³/mol. The third-order valence-corrected chi connectivity index (χ3v) is 3.22. The molecule has 3 heterocycles. The summed E-state index contributed by atoms with van der Waals surface area (Å²) in [5, 5.41) is 29.5. The molecule has 12 nitrogen and oxygen atoms in total. The molecule has 0 fully saturated rings. The van der Waals surface area contributed by atoms with Gasteiger partial charge in [0.1, 0.15) is 19.7 Å². The quantitative estimate of drug-likeness (QED) is 0.596. The van der Waals surface area contributed by atoms with Crippen molar-refractivity contribution in [3.05, 3.63) is 73.0 Å². The average molecular weight is 412 g/mol. The Labute approximate surface area is 171 Å². The van der Waals surface area contributed by atoms with E-state index in [1.54, 1.807) is 12.4 Å². The van der Waals surface area contributed by atoms with Crippen molar-refractivity contribution >= 4 is 11.9 Å². The van der Waals surface area contributed by atoms with E-state index in [4.69, 9.17) is 9.84 Å². The van der Waals surface area contributed by atoms with Crippen molar-refractivity contribution in [1.82, 2.24) is 30.0 Å². The second-order valence-electron chi connectivity index (χ2n) is 5.57. The van der Waals surface area contributed by atoms with Crippen LogP contribution in [0, 0.1) is 0 Å². The summed E-state index contributed by atoms with van der Waals surface area (Å²) in [4.78, 5) is 21.4. The number of hydrogen-bond acceptors (Lipinski definition) is 9. The number of carbonyl (C=O) groups is 2. The number of esters is 1. The van der Waals surface area contributed by atoms with Crippen LogP contribution in [0.3, 0.4) is 0 Å². The molecule has 0 saturated heterocycles. The highest BCUT2D eigenvalue weighted by atomic mass is 16.5. The number of aliphatic carboxylic acids is 1. The first-order chi connectivity index (χ1) is 14.6. The highest BCUT2D eigenvalue weighted by Crippen LogP contribution is 2.01. The molecule has 2 aromatic heterocycles. The normalized spacial score (nSPS) is 11.1. The van der Waals surface area contributed by atoms with Gasteiger partial charge >= 0.3 is 11.9 Å². The molecule has 1 aliphatic rings. The zero-order valence-corrected chi connectivity index (χ0v) is 15.9. The SMILES string of the molecule is C1=CN=NC1.O=C(Cn1ccnn1)OCc1ccccc1.O=C(O)Cn1ccnn1. The summed E-state index contributed by atoms with van der Waals surface area (Å²) in [6.45, 7) is 1.03. The lowest BCUT2D eigenvalue weighted by atomic mass is 10.2. The Morgan fingerprint density at radius 2 is 1.67 bits per heavy atom. The van der Waals surface area contributed by atoms with E-state index in [0.717, 1.165) is 12.1 Å². The zero-order valence-electron chi connectivity index (χ0n) is 15.9. The van der Waals surface area contributed by atoms with Gasteiger partial charge in [0, 0.05) is 18.6 Å². The van der Waals surface area contributed by atoms with E-state index in [-0.39, 0.29) is 25.7 Å². The molecule has 0 atom stereocenters. The fourth-order valence-electron chi connectivity index (χ4n) is 1.92. The van der Waals surface area contributed by atoms with Gasteiger partial charge in [-0.2, -0.15) is 10.2 Å². The number of rotatable bonds is 6. The third kappa shape index (κ3) is 9.64. The number of hydrogen-bond donors (Lipinski definition) is 1. The van der Waals surface area contributed by atoms with Crippen molar-refractivity contribution in [3.8, 4) is 0 Å². The van der Waals surface area contributed by atoms with E-state index >= 15 is 0 Å². The maximum absolute atomic E-state index is 11.4. The van der Waals surface area contributed by atoms with E-state index in [0.29, 0.717) is 0 Å². The molecular formula is C18H20N8O4. The van der Waals surface area contributed by atoms with Crippen molar-refractivity contribution in [2.75, 3.05) is 6.54 Å². The molecule has 0 aliphatic carbocycles. The largest absolute Gasteiger partial charge is 0.480 e. The van der Waals surface area contributed by atoms with Gasteiger partial charge in [-0.25, -0.2) is 9.36 Å². The van der Waals surface area contributed by atoms with Crippen LogP contribution in [0.25, 0.3) is 0 Å². The van der Waals surface area contributed by atoms with Crippen LogP contribution in [0.2, 0.25) is 0 Å². The molecule has 3 aromatic rings. The van der Waals surface area contributed by atoms with Crippen LogP contribution in [0.5, 0.6) is 0 Å². The maximum Gasteiger partial charge on any atom is 0.328 e. The van der Waals surface area contributed by atoms with Gasteiger partial charge in [-0.3, -0.25) is 9.59 Å². The number of benzene rings is 1. The number of ether oxygens (including phenoxy) is 1. The molecule has 0 saturated carbocycles. The van der Waals surface area contributed by atoms with Crippen molar-refractivity contribution in [2.45, 2.75) is 19.7 Å². The fraction of sp³-hybridized carbons (Fsp3) is 0.222. The van der Waals surface area contributed by atoms with Crippen LogP contribution in [0.1, 0.15) is 5.56 Å². The second-order valence-corrected chi connectivity index (χ2v) is 5.57. The van der Waals surface area contributed by atoms with Crippen molar-refractivity contribution in [2.24, 2.45) is 10.2 Å². The molecule has 1 aliphatic heterocycles. The minimum absolute atomic E-state index is 0.0901. The molecule has 1 aromatic carbocycles. The smallest absolute Gasteiger partial charge is 0.328 e. The minimum atomic E-state index is -0.916. The number of azo groups is 1. The Hall–Kier alpha value is -4.22.